The molecule has 2 heterocycles. The van der Waals surface area contributed by atoms with Crippen LogP contribution in [0, 0.1) is 18.8 Å². The number of carboxylic acid groups (broad SMARTS) is 1. The molecule has 3 unspecified atom stereocenters. The molecule has 25 heavy (non-hydrogen) atoms. The van der Waals surface area contributed by atoms with Gasteiger partial charge in [-0.3, -0.25) is 4.79 Å². The van der Waals surface area contributed by atoms with E-state index in [-0.39, 0.29) is 11.8 Å². The lowest BCUT2D eigenvalue weighted by Crippen LogP contribution is -2.43. The zero-order valence-electron chi connectivity index (χ0n) is 14.5. The summed E-state index contributed by atoms with van der Waals surface area (Å²) < 4.78 is 0. The summed E-state index contributed by atoms with van der Waals surface area (Å²) in [6.45, 7) is 2.68. The summed E-state index contributed by atoms with van der Waals surface area (Å²) in [4.78, 5) is 29.3. The smallest absolute Gasteiger partial charge is 0.326 e. The number of carboxylic acids is 1. The average Bonchev–Trinajstić information content (AvgIpc) is 3.25. The molecule has 4 rings (SSSR count). The van der Waals surface area contributed by atoms with Gasteiger partial charge in [-0.1, -0.05) is 18.1 Å². The summed E-state index contributed by atoms with van der Waals surface area (Å²) in [7, 11) is 0. The van der Waals surface area contributed by atoms with E-state index in [1.165, 1.54) is 5.56 Å². The molecule has 2 fully saturated rings. The van der Waals surface area contributed by atoms with E-state index < -0.39 is 12.0 Å². The number of hydrogen-bond acceptors (Lipinski definition) is 2. The standard InChI is InChI=1S/C20H24N2O3/c1-12-5-7-17-16(9-12)13(10-21-17)6-8-18(23)22-11-14-3-2-4-15(14)19(22)20(24)25/h5,7,9-10,14-15,19,21H,2-4,6,8,11H2,1H3,(H,24,25). The van der Waals surface area contributed by atoms with Crippen molar-refractivity contribution in [3.05, 3.63) is 35.5 Å². The zero-order valence-corrected chi connectivity index (χ0v) is 14.5. The molecular formula is C20H24N2O3. The van der Waals surface area contributed by atoms with Crippen molar-refractivity contribution in [2.45, 2.75) is 45.1 Å². The second-order valence-electron chi connectivity index (χ2n) is 7.55. The van der Waals surface area contributed by atoms with Gasteiger partial charge in [0.2, 0.25) is 5.91 Å². The first kappa shape index (κ1) is 16.2. The third-order valence-electron chi connectivity index (χ3n) is 5.99. The van der Waals surface area contributed by atoms with E-state index in [9.17, 15) is 14.7 Å². The molecule has 1 aliphatic heterocycles. The van der Waals surface area contributed by atoms with E-state index in [0.29, 0.717) is 25.3 Å². The molecule has 2 N–H and O–H groups in total. The largest absolute Gasteiger partial charge is 0.480 e. The van der Waals surface area contributed by atoms with Gasteiger partial charge in [0, 0.05) is 30.1 Å². The summed E-state index contributed by atoms with van der Waals surface area (Å²) >= 11 is 0. The predicted molar refractivity (Wildman–Crippen MR) is 95.3 cm³/mol. The van der Waals surface area contributed by atoms with Gasteiger partial charge in [0.25, 0.3) is 0 Å². The fourth-order valence-corrected chi connectivity index (χ4v) is 4.76. The van der Waals surface area contributed by atoms with Gasteiger partial charge in [-0.2, -0.15) is 0 Å². The lowest BCUT2D eigenvalue weighted by Gasteiger charge is -2.24. The molecule has 1 amide bonds. The Hall–Kier alpha value is -2.30. The molecule has 2 aromatic rings. The zero-order chi connectivity index (χ0) is 17.6. The summed E-state index contributed by atoms with van der Waals surface area (Å²) in [6.07, 6.45) is 6.05. The SMILES string of the molecule is Cc1ccc2[nH]cc(CCC(=O)N3CC4CCCC4C3C(=O)O)c2c1. The summed E-state index contributed by atoms with van der Waals surface area (Å²) in [5, 5.41) is 10.8. The topological polar surface area (TPSA) is 73.4 Å². The summed E-state index contributed by atoms with van der Waals surface area (Å²) in [5.41, 5.74) is 3.39. The second kappa shape index (κ2) is 6.21. The highest BCUT2D eigenvalue weighted by atomic mass is 16.4. The Morgan fingerprint density at radius 2 is 2.16 bits per heavy atom. The molecule has 0 radical (unpaired) electrons. The number of likely N-dealkylation sites (tertiary alicyclic amines) is 1. The quantitative estimate of drug-likeness (QED) is 0.898. The fraction of sp³-hybridized carbons (Fsp3) is 0.500. The van der Waals surface area contributed by atoms with Gasteiger partial charge >= 0.3 is 5.97 Å². The molecular weight excluding hydrogens is 316 g/mol. The first-order chi connectivity index (χ1) is 12.0. The van der Waals surface area contributed by atoms with Crippen molar-refractivity contribution in [1.82, 2.24) is 9.88 Å². The van der Waals surface area contributed by atoms with Gasteiger partial charge < -0.3 is 15.0 Å². The Morgan fingerprint density at radius 1 is 1.32 bits per heavy atom. The van der Waals surface area contributed by atoms with Crippen molar-refractivity contribution in [3.63, 3.8) is 0 Å². The molecule has 0 bridgehead atoms. The maximum atomic E-state index is 12.7. The van der Waals surface area contributed by atoms with Crippen molar-refractivity contribution in [2.75, 3.05) is 6.54 Å². The van der Waals surface area contributed by atoms with Gasteiger partial charge in [0.1, 0.15) is 6.04 Å². The molecule has 1 saturated carbocycles. The van der Waals surface area contributed by atoms with Crippen LogP contribution in [0.3, 0.4) is 0 Å². The third kappa shape index (κ3) is 2.81. The van der Waals surface area contributed by atoms with Crippen LogP contribution in [0.15, 0.2) is 24.4 Å². The van der Waals surface area contributed by atoms with Crippen molar-refractivity contribution < 1.29 is 14.7 Å². The summed E-state index contributed by atoms with van der Waals surface area (Å²) in [6, 6.07) is 5.63. The van der Waals surface area contributed by atoms with Crippen molar-refractivity contribution in [3.8, 4) is 0 Å². The molecule has 5 heteroatoms. The average molecular weight is 340 g/mol. The molecule has 0 spiro atoms. The van der Waals surface area contributed by atoms with Crippen LogP contribution >= 0.6 is 0 Å². The van der Waals surface area contributed by atoms with Gasteiger partial charge in [0.05, 0.1) is 0 Å². The molecule has 3 atom stereocenters. The Bertz CT molecular complexity index is 825. The van der Waals surface area contributed by atoms with E-state index in [2.05, 4.69) is 30.1 Å². The maximum Gasteiger partial charge on any atom is 0.326 e. The molecule has 132 valence electrons. The minimum atomic E-state index is -0.842. The number of aliphatic carboxylic acids is 1. The van der Waals surface area contributed by atoms with Crippen LogP contribution in [0.4, 0.5) is 0 Å². The Morgan fingerprint density at radius 3 is 2.96 bits per heavy atom. The number of fused-ring (bicyclic) bond motifs is 2. The molecule has 5 nitrogen and oxygen atoms in total. The van der Waals surface area contributed by atoms with E-state index in [0.717, 1.165) is 35.7 Å². The molecule has 1 aromatic heterocycles. The van der Waals surface area contributed by atoms with Gasteiger partial charge in [-0.15, -0.1) is 0 Å². The third-order valence-corrected chi connectivity index (χ3v) is 5.99. The van der Waals surface area contributed by atoms with Crippen LogP contribution in [-0.4, -0.2) is 39.5 Å². The predicted octanol–water partition coefficient (Wildman–Crippen LogP) is 3.12. The van der Waals surface area contributed by atoms with Crippen molar-refractivity contribution in [1.29, 1.82) is 0 Å². The normalized spacial score (nSPS) is 25.5. The van der Waals surface area contributed by atoms with Crippen LogP contribution in [0.5, 0.6) is 0 Å². The number of carbonyl (C=O) groups is 2. The minimum Gasteiger partial charge on any atom is -0.480 e. The number of aromatic amines is 1. The van der Waals surface area contributed by atoms with E-state index in [1.807, 2.05) is 6.20 Å². The second-order valence-corrected chi connectivity index (χ2v) is 7.55. The summed E-state index contributed by atoms with van der Waals surface area (Å²) in [5.74, 6) is -0.341. The number of nitrogens with zero attached hydrogens (tertiary/aromatic N) is 1. The highest BCUT2D eigenvalue weighted by molar-refractivity contribution is 5.87. The lowest BCUT2D eigenvalue weighted by atomic mass is 9.94. The Kier molecular flexibility index (Phi) is 4.02. The monoisotopic (exact) mass is 340 g/mol. The van der Waals surface area contributed by atoms with Gasteiger partial charge in [-0.05, 0) is 55.7 Å². The van der Waals surface area contributed by atoms with Crippen LogP contribution in [0.25, 0.3) is 10.9 Å². The maximum absolute atomic E-state index is 12.7. The van der Waals surface area contributed by atoms with Gasteiger partial charge in [0.15, 0.2) is 0 Å². The van der Waals surface area contributed by atoms with Crippen LogP contribution in [0.1, 0.15) is 36.8 Å². The first-order valence-corrected chi connectivity index (χ1v) is 9.13. The molecule has 1 aromatic carbocycles. The van der Waals surface area contributed by atoms with E-state index in [4.69, 9.17) is 0 Å². The highest BCUT2D eigenvalue weighted by Crippen LogP contribution is 2.42. The minimum absolute atomic E-state index is 0.0243. The van der Waals surface area contributed by atoms with Crippen molar-refractivity contribution >= 4 is 22.8 Å². The molecule has 1 aliphatic carbocycles. The molecule has 2 aliphatic rings. The number of carbonyl (C=O) groups excluding carboxylic acids is 1. The van der Waals surface area contributed by atoms with Crippen LogP contribution in [-0.2, 0) is 16.0 Å². The fourth-order valence-electron chi connectivity index (χ4n) is 4.76. The number of hydrogen-bond donors (Lipinski definition) is 2. The number of aromatic nitrogens is 1. The van der Waals surface area contributed by atoms with Gasteiger partial charge in [-0.25, -0.2) is 4.79 Å². The van der Waals surface area contributed by atoms with E-state index in [1.54, 1.807) is 4.90 Å². The number of rotatable bonds is 4. The number of benzene rings is 1. The number of aryl methyl sites for hydroxylation is 2. The Labute approximate surface area is 147 Å². The van der Waals surface area contributed by atoms with Crippen LogP contribution < -0.4 is 0 Å². The highest BCUT2D eigenvalue weighted by Gasteiger charge is 2.49. The molecule has 1 saturated heterocycles. The lowest BCUT2D eigenvalue weighted by molar-refractivity contribution is -0.149. The van der Waals surface area contributed by atoms with Crippen molar-refractivity contribution in [2.24, 2.45) is 11.8 Å². The number of nitrogens with one attached hydrogen (secondary N) is 1. The van der Waals surface area contributed by atoms with E-state index >= 15 is 0 Å². The number of amides is 1. The van der Waals surface area contributed by atoms with Crippen LogP contribution in [0.2, 0.25) is 0 Å². The number of H-pyrrole nitrogens is 1. The Balaban J connectivity index is 1.48. The first-order valence-electron chi connectivity index (χ1n) is 9.13.